The van der Waals surface area contributed by atoms with E-state index in [0.717, 1.165) is 23.7 Å². The minimum absolute atomic E-state index is 0.207. The van der Waals surface area contributed by atoms with Gasteiger partial charge in [-0.3, -0.25) is 9.10 Å². The van der Waals surface area contributed by atoms with E-state index in [1.807, 2.05) is 7.05 Å². The van der Waals surface area contributed by atoms with E-state index in [1.54, 1.807) is 4.90 Å². The minimum Gasteiger partial charge on any atom is -0.495 e. The lowest BCUT2D eigenvalue weighted by molar-refractivity contribution is -0.131. The second-order valence-corrected chi connectivity index (χ2v) is 8.43. The first-order chi connectivity index (χ1) is 12.2. The van der Waals surface area contributed by atoms with Crippen LogP contribution in [0.2, 0.25) is 5.02 Å². The molecule has 146 valence electrons. The van der Waals surface area contributed by atoms with Crippen LogP contribution >= 0.6 is 11.6 Å². The molecule has 1 amide bonds. The summed E-state index contributed by atoms with van der Waals surface area (Å²) in [5, 5.41) is 0.284. The number of ether oxygens (including phenoxy) is 2. The van der Waals surface area contributed by atoms with Gasteiger partial charge in [-0.1, -0.05) is 11.6 Å². The van der Waals surface area contributed by atoms with Crippen LogP contribution in [0.15, 0.2) is 12.1 Å². The van der Waals surface area contributed by atoms with Crippen molar-refractivity contribution in [3.05, 3.63) is 17.2 Å². The Hall–Kier alpha value is -1.71. The number of carbonyl (C=O) groups excluding carboxylic acids is 1. The normalized spacial score (nSPS) is 15.7. The third kappa shape index (κ3) is 4.72. The Morgan fingerprint density at radius 1 is 1.15 bits per heavy atom. The van der Waals surface area contributed by atoms with Crippen LogP contribution in [-0.4, -0.2) is 84.4 Å². The summed E-state index contributed by atoms with van der Waals surface area (Å²) in [6.45, 7) is 2.32. The smallest absolute Gasteiger partial charge is 0.243 e. The fourth-order valence-corrected chi connectivity index (χ4v) is 3.77. The highest BCUT2D eigenvalue weighted by atomic mass is 35.5. The van der Waals surface area contributed by atoms with Crippen molar-refractivity contribution < 1.29 is 22.7 Å². The third-order valence-corrected chi connectivity index (χ3v) is 5.68. The Bertz CT molecular complexity index is 763. The standard InChI is InChI=1S/C16H24ClN3O5S/c1-18-5-7-19(8-6-18)16(21)11-20(26(4,22)23)13-10-14(24-2)12(17)9-15(13)25-3/h9-10H,5-8,11H2,1-4H3. The number of hydrogen-bond acceptors (Lipinski definition) is 6. The summed E-state index contributed by atoms with van der Waals surface area (Å²) in [5.74, 6) is 0.273. The maximum Gasteiger partial charge on any atom is 0.243 e. The molecule has 0 N–H and O–H groups in total. The van der Waals surface area contributed by atoms with Crippen LogP contribution in [0.5, 0.6) is 11.5 Å². The van der Waals surface area contributed by atoms with E-state index in [1.165, 1.54) is 26.4 Å². The van der Waals surface area contributed by atoms with Crippen molar-refractivity contribution in [1.82, 2.24) is 9.80 Å². The van der Waals surface area contributed by atoms with Gasteiger partial charge in [0.1, 0.15) is 18.0 Å². The summed E-state index contributed by atoms with van der Waals surface area (Å²) in [4.78, 5) is 16.4. The quantitative estimate of drug-likeness (QED) is 0.699. The number of rotatable bonds is 6. The van der Waals surface area contributed by atoms with Gasteiger partial charge >= 0.3 is 0 Å². The molecule has 26 heavy (non-hydrogen) atoms. The summed E-state index contributed by atoms with van der Waals surface area (Å²) < 4.78 is 36.2. The third-order valence-electron chi connectivity index (χ3n) is 4.26. The highest BCUT2D eigenvalue weighted by molar-refractivity contribution is 7.92. The Kier molecular flexibility index (Phi) is 6.59. The minimum atomic E-state index is -3.74. The van der Waals surface area contributed by atoms with Crippen molar-refractivity contribution in [2.45, 2.75) is 0 Å². The lowest BCUT2D eigenvalue weighted by Gasteiger charge is -2.34. The zero-order valence-corrected chi connectivity index (χ0v) is 16.9. The molecule has 0 saturated carbocycles. The summed E-state index contributed by atoms with van der Waals surface area (Å²) in [6.07, 6.45) is 1.05. The number of nitrogens with zero attached hydrogens (tertiary/aromatic N) is 3. The molecule has 0 radical (unpaired) electrons. The molecule has 1 aliphatic heterocycles. The molecule has 0 aliphatic carbocycles. The molecule has 1 aromatic carbocycles. The Morgan fingerprint density at radius 2 is 1.73 bits per heavy atom. The van der Waals surface area contributed by atoms with Crippen molar-refractivity contribution in [3.8, 4) is 11.5 Å². The monoisotopic (exact) mass is 405 g/mol. The first-order valence-corrected chi connectivity index (χ1v) is 10.3. The number of methoxy groups -OCH3 is 2. The van der Waals surface area contributed by atoms with E-state index in [0.29, 0.717) is 18.8 Å². The summed E-state index contributed by atoms with van der Waals surface area (Å²) >= 11 is 6.09. The van der Waals surface area contributed by atoms with Crippen LogP contribution in [0.25, 0.3) is 0 Å². The summed E-state index contributed by atoms with van der Waals surface area (Å²) in [6, 6.07) is 2.92. The number of likely N-dealkylation sites (N-methyl/N-ethyl adjacent to an activating group) is 1. The maximum atomic E-state index is 12.7. The molecular weight excluding hydrogens is 382 g/mol. The molecule has 0 bridgehead atoms. The first-order valence-electron chi connectivity index (χ1n) is 8.03. The number of carbonyl (C=O) groups is 1. The largest absolute Gasteiger partial charge is 0.495 e. The van der Waals surface area contributed by atoms with Crippen molar-refractivity contribution in [3.63, 3.8) is 0 Å². The SMILES string of the molecule is COc1cc(N(CC(=O)N2CCN(C)CC2)S(C)(=O)=O)c(OC)cc1Cl. The molecule has 0 atom stereocenters. The van der Waals surface area contributed by atoms with Gasteiger partial charge < -0.3 is 19.3 Å². The maximum absolute atomic E-state index is 12.7. The number of sulfonamides is 1. The molecule has 0 aromatic heterocycles. The Balaban J connectivity index is 2.35. The molecule has 8 nitrogen and oxygen atoms in total. The molecule has 1 aliphatic rings. The average Bonchev–Trinajstić information content (AvgIpc) is 2.59. The number of amides is 1. The second kappa shape index (κ2) is 8.32. The van der Waals surface area contributed by atoms with Crippen molar-refractivity contribution in [2.24, 2.45) is 0 Å². The van der Waals surface area contributed by atoms with Gasteiger partial charge in [-0.25, -0.2) is 8.42 Å². The highest BCUT2D eigenvalue weighted by Crippen LogP contribution is 2.39. The van der Waals surface area contributed by atoms with Gasteiger partial charge in [-0.2, -0.15) is 0 Å². The number of hydrogen-bond donors (Lipinski definition) is 0. The zero-order chi connectivity index (χ0) is 19.5. The number of piperazine rings is 1. The van der Waals surface area contributed by atoms with E-state index in [9.17, 15) is 13.2 Å². The van der Waals surface area contributed by atoms with Gasteiger partial charge in [0.15, 0.2) is 0 Å². The van der Waals surface area contributed by atoms with E-state index >= 15 is 0 Å². The predicted octanol–water partition coefficient (Wildman–Crippen LogP) is 0.897. The van der Waals surface area contributed by atoms with Crippen LogP contribution < -0.4 is 13.8 Å². The van der Waals surface area contributed by atoms with Gasteiger partial charge in [0.25, 0.3) is 0 Å². The van der Waals surface area contributed by atoms with Gasteiger partial charge in [0.05, 0.1) is 31.2 Å². The van der Waals surface area contributed by atoms with Crippen molar-refractivity contribution in [2.75, 3.05) is 64.6 Å². The molecular formula is C16H24ClN3O5S. The zero-order valence-electron chi connectivity index (χ0n) is 15.4. The van der Waals surface area contributed by atoms with E-state index in [2.05, 4.69) is 4.90 Å². The van der Waals surface area contributed by atoms with Crippen LogP contribution in [0.1, 0.15) is 0 Å². The van der Waals surface area contributed by atoms with E-state index in [4.69, 9.17) is 21.1 Å². The molecule has 2 rings (SSSR count). The summed E-state index contributed by atoms with van der Waals surface area (Å²) in [7, 11) is 1.08. The molecule has 1 saturated heterocycles. The van der Waals surface area contributed by atoms with Crippen molar-refractivity contribution >= 4 is 33.2 Å². The average molecular weight is 406 g/mol. The van der Waals surface area contributed by atoms with E-state index in [-0.39, 0.29) is 28.9 Å². The summed E-state index contributed by atoms with van der Waals surface area (Å²) in [5.41, 5.74) is 0.207. The molecule has 0 spiro atoms. The van der Waals surface area contributed by atoms with Crippen LogP contribution in [0.3, 0.4) is 0 Å². The fraction of sp³-hybridized carbons (Fsp3) is 0.562. The molecule has 0 unspecified atom stereocenters. The molecule has 10 heteroatoms. The Morgan fingerprint density at radius 3 is 2.23 bits per heavy atom. The van der Waals surface area contributed by atoms with Crippen LogP contribution in [0.4, 0.5) is 5.69 Å². The van der Waals surface area contributed by atoms with Gasteiger partial charge in [-0.15, -0.1) is 0 Å². The lowest BCUT2D eigenvalue weighted by Crippen LogP contribution is -2.50. The van der Waals surface area contributed by atoms with E-state index < -0.39 is 10.0 Å². The number of anilines is 1. The topological polar surface area (TPSA) is 79.4 Å². The van der Waals surface area contributed by atoms with Crippen molar-refractivity contribution in [1.29, 1.82) is 0 Å². The lowest BCUT2D eigenvalue weighted by atomic mass is 10.2. The molecule has 1 aromatic rings. The Labute approximate surface area is 159 Å². The van der Waals surface area contributed by atoms with Crippen LogP contribution in [0, 0.1) is 0 Å². The fourth-order valence-electron chi connectivity index (χ4n) is 2.70. The number of halogens is 1. The van der Waals surface area contributed by atoms with Crippen LogP contribution in [-0.2, 0) is 14.8 Å². The first kappa shape index (κ1) is 20.6. The van der Waals surface area contributed by atoms with Gasteiger partial charge in [0.2, 0.25) is 15.9 Å². The molecule has 1 heterocycles. The predicted molar refractivity (Wildman–Crippen MR) is 101 cm³/mol. The second-order valence-electron chi connectivity index (χ2n) is 6.11. The van der Waals surface area contributed by atoms with Gasteiger partial charge in [0, 0.05) is 38.3 Å². The highest BCUT2D eigenvalue weighted by Gasteiger charge is 2.28. The van der Waals surface area contributed by atoms with Gasteiger partial charge in [-0.05, 0) is 7.05 Å². The number of benzene rings is 1. The molecule has 1 fully saturated rings.